The van der Waals surface area contributed by atoms with Crippen LogP contribution in [0.5, 0.6) is 5.75 Å². The van der Waals surface area contributed by atoms with Crippen LogP contribution in [0.25, 0.3) is 0 Å². The Hall–Kier alpha value is -3.61. The first-order valence-corrected chi connectivity index (χ1v) is 15.8. The average molecular weight is 595 g/mol. The fourth-order valence-electron chi connectivity index (χ4n) is 5.52. The number of sulfonamides is 1. The monoisotopic (exact) mass is 594 g/mol. The molecule has 1 saturated heterocycles. The van der Waals surface area contributed by atoms with Crippen LogP contribution >= 0.6 is 0 Å². The maximum atomic E-state index is 13.2. The molecule has 5 rings (SSSR count). The Labute approximate surface area is 249 Å². The molecular formula is C30H42N8O3S. The van der Waals surface area contributed by atoms with Crippen LogP contribution in [0, 0.1) is 6.92 Å². The Kier molecular flexibility index (Phi) is 8.23. The zero-order valence-corrected chi connectivity index (χ0v) is 26.3. The van der Waals surface area contributed by atoms with Gasteiger partial charge in [-0.05, 0) is 57.6 Å². The van der Waals surface area contributed by atoms with E-state index in [1.54, 1.807) is 45.2 Å². The number of piperazine rings is 1. The predicted octanol–water partition coefficient (Wildman–Crippen LogP) is 4.42. The van der Waals surface area contributed by atoms with Crippen molar-refractivity contribution < 1.29 is 13.2 Å². The van der Waals surface area contributed by atoms with Crippen LogP contribution in [0.1, 0.15) is 38.8 Å². The van der Waals surface area contributed by atoms with Crippen molar-refractivity contribution in [2.24, 2.45) is 0 Å². The van der Waals surface area contributed by atoms with Gasteiger partial charge in [0.25, 0.3) is 0 Å². The Balaban J connectivity index is 1.54. The minimum atomic E-state index is -3.76. The van der Waals surface area contributed by atoms with E-state index in [1.807, 2.05) is 6.07 Å². The summed E-state index contributed by atoms with van der Waals surface area (Å²) in [5.41, 5.74) is 4.08. The first kappa shape index (κ1) is 29.9. The lowest BCUT2D eigenvalue weighted by Gasteiger charge is -2.35. The van der Waals surface area contributed by atoms with E-state index in [9.17, 15) is 8.42 Å². The van der Waals surface area contributed by atoms with Crippen LogP contribution < -0.4 is 30.3 Å². The number of ether oxygens (including phenoxy) is 1. The number of hydrogen-bond donors (Lipinski definition) is 4. The molecule has 12 heteroatoms. The predicted molar refractivity (Wildman–Crippen MR) is 169 cm³/mol. The SMILES string of the molecule is COc1cc(C)c(N2CCN(C)CC2)cc1Nc1nc2c(c(Nc3ccccc3S(=O)(=O)NC(C)C)n1)C(C)(C)CN2. The highest BCUT2D eigenvalue weighted by atomic mass is 32.2. The maximum Gasteiger partial charge on any atom is 0.242 e. The van der Waals surface area contributed by atoms with Gasteiger partial charge in [0.15, 0.2) is 0 Å². The zero-order chi connectivity index (χ0) is 30.2. The number of aryl methyl sites for hydroxylation is 1. The van der Waals surface area contributed by atoms with Crippen molar-refractivity contribution in [2.45, 2.75) is 51.0 Å². The molecule has 1 aromatic heterocycles. The van der Waals surface area contributed by atoms with Gasteiger partial charge in [-0.3, -0.25) is 0 Å². The van der Waals surface area contributed by atoms with Gasteiger partial charge in [0, 0.05) is 55.4 Å². The molecule has 42 heavy (non-hydrogen) atoms. The molecule has 2 aromatic carbocycles. The summed E-state index contributed by atoms with van der Waals surface area (Å²) in [6.45, 7) is 14.5. The largest absolute Gasteiger partial charge is 0.495 e. The van der Waals surface area contributed by atoms with Crippen molar-refractivity contribution in [3.8, 4) is 5.75 Å². The van der Waals surface area contributed by atoms with Gasteiger partial charge in [0.2, 0.25) is 16.0 Å². The molecule has 3 heterocycles. The number of benzene rings is 2. The van der Waals surface area contributed by atoms with Gasteiger partial charge in [0.05, 0.1) is 18.5 Å². The van der Waals surface area contributed by atoms with Gasteiger partial charge in [0.1, 0.15) is 22.3 Å². The second-order valence-corrected chi connectivity index (χ2v) is 13.7. The second kappa shape index (κ2) is 11.6. The molecule has 2 aliphatic rings. The molecule has 226 valence electrons. The number of fused-ring (bicyclic) bond motifs is 1. The third kappa shape index (κ3) is 6.11. The fraction of sp³-hybridized carbons (Fsp3) is 0.467. The summed E-state index contributed by atoms with van der Waals surface area (Å²) >= 11 is 0. The van der Waals surface area contributed by atoms with Gasteiger partial charge in [-0.15, -0.1) is 0 Å². The number of aromatic nitrogens is 2. The highest BCUT2D eigenvalue weighted by molar-refractivity contribution is 7.89. The first-order valence-electron chi connectivity index (χ1n) is 14.3. The highest BCUT2D eigenvalue weighted by Crippen LogP contribution is 2.42. The van der Waals surface area contributed by atoms with Crippen LogP contribution in [-0.2, 0) is 15.4 Å². The van der Waals surface area contributed by atoms with E-state index in [2.05, 4.69) is 64.4 Å². The van der Waals surface area contributed by atoms with Crippen molar-refractivity contribution in [1.82, 2.24) is 19.6 Å². The minimum absolute atomic E-state index is 0.154. The van der Waals surface area contributed by atoms with E-state index in [0.29, 0.717) is 35.6 Å². The minimum Gasteiger partial charge on any atom is -0.495 e. The molecule has 0 bridgehead atoms. The molecule has 0 unspecified atom stereocenters. The van der Waals surface area contributed by atoms with E-state index in [-0.39, 0.29) is 16.4 Å². The summed E-state index contributed by atoms with van der Waals surface area (Å²) < 4.78 is 34.8. The molecule has 0 amide bonds. The zero-order valence-electron chi connectivity index (χ0n) is 25.5. The van der Waals surface area contributed by atoms with Gasteiger partial charge in [-0.1, -0.05) is 26.0 Å². The lowest BCUT2D eigenvalue weighted by Crippen LogP contribution is -2.44. The van der Waals surface area contributed by atoms with Crippen molar-refractivity contribution in [1.29, 1.82) is 0 Å². The number of hydrogen-bond acceptors (Lipinski definition) is 10. The number of nitrogens with zero attached hydrogens (tertiary/aromatic N) is 4. The normalized spacial score (nSPS) is 16.7. The smallest absolute Gasteiger partial charge is 0.242 e. The summed E-state index contributed by atoms with van der Waals surface area (Å²) in [7, 11) is 0.0410. The third-order valence-corrected chi connectivity index (χ3v) is 9.43. The number of rotatable bonds is 9. The Morgan fingerprint density at radius 2 is 1.74 bits per heavy atom. The van der Waals surface area contributed by atoms with E-state index >= 15 is 0 Å². The highest BCUT2D eigenvalue weighted by Gasteiger charge is 2.36. The van der Waals surface area contributed by atoms with Crippen LogP contribution in [0.4, 0.5) is 34.6 Å². The number of nitrogens with one attached hydrogen (secondary N) is 4. The summed E-state index contributed by atoms with van der Waals surface area (Å²) in [5.74, 6) is 2.29. The van der Waals surface area contributed by atoms with Crippen LogP contribution in [0.15, 0.2) is 41.3 Å². The molecule has 0 atom stereocenters. The Morgan fingerprint density at radius 3 is 2.43 bits per heavy atom. The summed E-state index contributed by atoms with van der Waals surface area (Å²) in [6.07, 6.45) is 0. The first-order chi connectivity index (χ1) is 19.9. The van der Waals surface area contributed by atoms with Gasteiger partial charge in [-0.2, -0.15) is 9.97 Å². The Morgan fingerprint density at radius 1 is 1.02 bits per heavy atom. The molecule has 3 aromatic rings. The van der Waals surface area contributed by atoms with Crippen molar-refractivity contribution >= 4 is 44.7 Å². The standard InChI is InChI=1S/C30H42N8O3S/c1-19(2)36-42(39,40)25-11-9-8-10-21(25)32-28-26-27(31-18-30(26,4)5)34-29(35-28)33-22-17-23(20(3)16-24(22)41-7)38-14-12-37(6)13-15-38/h8-11,16-17,19,36H,12-15,18H2,1-7H3,(H3,31,32,33,34,35). The Bertz CT molecular complexity index is 1570. The van der Waals surface area contributed by atoms with E-state index in [4.69, 9.17) is 14.7 Å². The quantitative estimate of drug-likeness (QED) is 0.283. The maximum absolute atomic E-state index is 13.2. The number of likely N-dealkylation sites (N-methyl/N-ethyl adjacent to an activating group) is 1. The number of para-hydroxylation sites is 1. The number of methoxy groups -OCH3 is 1. The van der Waals surface area contributed by atoms with Crippen molar-refractivity contribution in [3.05, 3.63) is 47.5 Å². The van der Waals surface area contributed by atoms with Crippen LogP contribution in [-0.4, -0.2) is 76.2 Å². The second-order valence-electron chi connectivity index (χ2n) is 12.0. The van der Waals surface area contributed by atoms with E-state index in [1.165, 1.54) is 0 Å². The molecule has 0 radical (unpaired) electrons. The van der Waals surface area contributed by atoms with E-state index < -0.39 is 10.0 Å². The van der Waals surface area contributed by atoms with Crippen LogP contribution in [0.3, 0.4) is 0 Å². The fourth-order valence-corrected chi connectivity index (χ4v) is 6.93. The summed E-state index contributed by atoms with van der Waals surface area (Å²) in [5, 5.41) is 10.2. The molecule has 1 fully saturated rings. The molecule has 0 saturated carbocycles. The lowest BCUT2D eigenvalue weighted by molar-refractivity contribution is 0.312. The van der Waals surface area contributed by atoms with Gasteiger partial charge >= 0.3 is 0 Å². The molecule has 2 aliphatic heterocycles. The molecule has 4 N–H and O–H groups in total. The van der Waals surface area contributed by atoms with Crippen molar-refractivity contribution in [2.75, 3.05) is 67.7 Å². The average Bonchev–Trinajstić information content (AvgIpc) is 3.24. The molecule has 11 nitrogen and oxygen atoms in total. The number of anilines is 6. The van der Waals surface area contributed by atoms with Gasteiger partial charge < -0.3 is 30.5 Å². The van der Waals surface area contributed by atoms with Gasteiger partial charge in [-0.25, -0.2) is 13.1 Å². The van der Waals surface area contributed by atoms with Crippen LogP contribution in [0.2, 0.25) is 0 Å². The molecule has 0 spiro atoms. The summed E-state index contributed by atoms with van der Waals surface area (Å²) in [6, 6.07) is 10.7. The summed E-state index contributed by atoms with van der Waals surface area (Å²) in [4.78, 5) is 14.6. The van der Waals surface area contributed by atoms with E-state index in [0.717, 1.165) is 48.7 Å². The van der Waals surface area contributed by atoms with Crippen molar-refractivity contribution in [3.63, 3.8) is 0 Å². The topological polar surface area (TPSA) is 124 Å². The lowest BCUT2D eigenvalue weighted by atomic mass is 9.88. The molecule has 0 aliphatic carbocycles. The molecular weight excluding hydrogens is 552 g/mol. The third-order valence-electron chi connectivity index (χ3n) is 7.71.